The first-order chi connectivity index (χ1) is 6.95. The summed E-state index contributed by atoms with van der Waals surface area (Å²) in [7, 11) is 0. The Labute approximate surface area is 104 Å². The Balaban J connectivity index is 2.82. The van der Waals surface area contributed by atoms with E-state index in [0.717, 1.165) is 12.8 Å². The predicted octanol–water partition coefficient (Wildman–Crippen LogP) is 2.86. The van der Waals surface area contributed by atoms with Crippen molar-refractivity contribution in [1.29, 1.82) is 0 Å². The molecule has 6 heteroatoms. The number of nitrogens with zero attached hydrogens (tertiary/aromatic N) is 1. The summed E-state index contributed by atoms with van der Waals surface area (Å²) >= 11 is 17.2. The average Bonchev–Trinajstić information content (AvgIpc) is 2.10. The fraction of sp³-hybridized carbons (Fsp3) is 0.667. The van der Waals surface area contributed by atoms with Crippen molar-refractivity contribution in [3.05, 3.63) is 12.8 Å². The van der Waals surface area contributed by atoms with Gasteiger partial charge < -0.3 is 9.64 Å². The van der Waals surface area contributed by atoms with Crippen molar-refractivity contribution in [1.82, 2.24) is 4.90 Å². The third kappa shape index (κ3) is 3.74. The lowest BCUT2D eigenvalue weighted by Crippen LogP contribution is -2.45. The Bertz CT molecular complexity index is 252. The van der Waals surface area contributed by atoms with E-state index in [1.807, 2.05) is 0 Å². The molecule has 1 heterocycles. The molecule has 0 aliphatic carbocycles. The fourth-order valence-electron chi connectivity index (χ4n) is 1.37. The maximum absolute atomic E-state index is 11.3. The molecule has 1 aliphatic heterocycles. The van der Waals surface area contributed by atoms with Crippen LogP contribution < -0.4 is 0 Å². The number of carbonyl (C=O) groups excluding carboxylic acids is 1. The predicted molar refractivity (Wildman–Crippen MR) is 60.9 cm³/mol. The van der Waals surface area contributed by atoms with Crippen LogP contribution in [-0.2, 0) is 9.53 Å². The van der Waals surface area contributed by atoms with Crippen LogP contribution in [0.2, 0.25) is 0 Å². The molecular formula is C9H12Cl3NO2. The maximum Gasteiger partial charge on any atom is 0.307 e. The van der Waals surface area contributed by atoms with Gasteiger partial charge in [-0.05, 0) is 19.0 Å². The van der Waals surface area contributed by atoms with Gasteiger partial charge in [0.25, 0.3) is 0 Å². The third-order valence-corrected chi connectivity index (χ3v) is 2.67. The van der Waals surface area contributed by atoms with E-state index in [0.29, 0.717) is 13.0 Å². The van der Waals surface area contributed by atoms with Crippen molar-refractivity contribution in [2.45, 2.75) is 29.3 Å². The van der Waals surface area contributed by atoms with Crippen molar-refractivity contribution in [2.24, 2.45) is 0 Å². The lowest BCUT2D eigenvalue weighted by molar-refractivity contribution is -0.158. The zero-order valence-corrected chi connectivity index (χ0v) is 10.4. The van der Waals surface area contributed by atoms with Crippen LogP contribution in [0, 0.1) is 0 Å². The molecule has 1 aliphatic rings. The molecule has 1 fully saturated rings. The van der Waals surface area contributed by atoms with E-state index in [1.54, 1.807) is 4.90 Å². The number of rotatable bonds is 1. The van der Waals surface area contributed by atoms with E-state index in [4.69, 9.17) is 39.5 Å². The number of hydrogen-bond donors (Lipinski definition) is 0. The highest BCUT2D eigenvalue weighted by molar-refractivity contribution is 6.68. The largest absolute Gasteiger partial charge is 0.437 e. The molecule has 0 radical (unpaired) electrons. The van der Waals surface area contributed by atoms with Crippen LogP contribution in [0.15, 0.2) is 12.8 Å². The maximum atomic E-state index is 11.3. The van der Waals surface area contributed by atoms with E-state index in [1.165, 1.54) is 6.20 Å². The summed E-state index contributed by atoms with van der Waals surface area (Å²) in [6, 6.07) is 0. The smallest absolute Gasteiger partial charge is 0.307 e. The molecule has 0 aromatic rings. The Hall–Kier alpha value is -0.120. The first-order valence-electron chi connectivity index (χ1n) is 4.59. The average molecular weight is 273 g/mol. The number of alkyl halides is 3. The van der Waals surface area contributed by atoms with E-state index in [-0.39, 0.29) is 5.97 Å². The van der Waals surface area contributed by atoms with Crippen LogP contribution >= 0.6 is 34.8 Å². The zero-order chi connectivity index (χ0) is 11.5. The lowest BCUT2D eigenvalue weighted by Gasteiger charge is -2.35. The molecule has 1 saturated heterocycles. The van der Waals surface area contributed by atoms with Gasteiger partial charge >= 0.3 is 5.97 Å². The lowest BCUT2D eigenvalue weighted by atomic mass is 10.2. The summed E-state index contributed by atoms with van der Waals surface area (Å²) in [5, 5.41) is 0. The second-order valence-electron chi connectivity index (χ2n) is 3.26. The van der Waals surface area contributed by atoms with Crippen LogP contribution in [0.5, 0.6) is 0 Å². The molecule has 1 atom stereocenters. The van der Waals surface area contributed by atoms with Gasteiger partial charge in [-0.15, -0.1) is 0 Å². The molecule has 0 aromatic heterocycles. The van der Waals surface area contributed by atoms with E-state index < -0.39 is 10.0 Å². The summed E-state index contributed by atoms with van der Waals surface area (Å²) in [5.41, 5.74) is 0. The summed E-state index contributed by atoms with van der Waals surface area (Å²) in [6.45, 7) is 4.27. The molecule has 0 amide bonds. The summed E-state index contributed by atoms with van der Waals surface area (Å²) in [5.74, 6) is -0.349. The van der Waals surface area contributed by atoms with Gasteiger partial charge in [0.05, 0.1) is 0 Å². The van der Waals surface area contributed by atoms with Gasteiger partial charge in [-0.1, -0.05) is 41.4 Å². The Morgan fingerprint density at radius 3 is 2.67 bits per heavy atom. The number of hydrogen-bond acceptors (Lipinski definition) is 3. The molecule has 1 rings (SSSR count). The van der Waals surface area contributed by atoms with Gasteiger partial charge in [0.1, 0.15) is 0 Å². The molecule has 0 spiro atoms. The minimum Gasteiger partial charge on any atom is -0.437 e. The highest BCUT2D eigenvalue weighted by atomic mass is 35.6. The highest BCUT2D eigenvalue weighted by Gasteiger charge is 2.40. The van der Waals surface area contributed by atoms with Gasteiger partial charge in [-0.25, -0.2) is 0 Å². The standard InChI is InChI=1S/C9H12Cl3NO2/c1-2-13-6-4-3-5-7(14)15-8(13)9(10,11)12/h2,8H,1,3-6H2/t8-/m0/s1. The third-order valence-electron chi connectivity index (χ3n) is 2.11. The van der Waals surface area contributed by atoms with Gasteiger partial charge in [0.2, 0.25) is 10.0 Å². The number of carbonyl (C=O) groups is 1. The van der Waals surface area contributed by atoms with Crippen LogP contribution in [0.4, 0.5) is 0 Å². The molecule has 0 aromatic carbocycles. The minimum absolute atomic E-state index is 0.349. The number of halogens is 3. The van der Waals surface area contributed by atoms with Crippen molar-refractivity contribution in [2.75, 3.05) is 6.54 Å². The normalized spacial score (nSPS) is 24.1. The first kappa shape index (κ1) is 12.9. The van der Waals surface area contributed by atoms with Gasteiger partial charge in [0, 0.05) is 13.0 Å². The SMILES string of the molecule is C=CN1CCCCC(=O)O[C@H]1C(Cl)(Cl)Cl. The van der Waals surface area contributed by atoms with E-state index in [2.05, 4.69) is 6.58 Å². The fourth-order valence-corrected chi connectivity index (χ4v) is 1.88. The van der Waals surface area contributed by atoms with Crippen LogP contribution in [0.1, 0.15) is 19.3 Å². The van der Waals surface area contributed by atoms with Crippen molar-refractivity contribution in [3.8, 4) is 0 Å². The summed E-state index contributed by atoms with van der Waals surface area (Å²) in [6.07, 6.45) is 2.61. The van der Waals surface area contributed by atoms with Crippen LogP contribution in [-0.4, -0.2) is 27.4 Å². The molecular weight excluding hydrogens is 260 g/mol. The molecule has 86 valence electrons. The van der Waals surface area contributed by atoms with Gasteiger partial charge in [-0.3, -0.25) is 4.79 Å². The zero-order valence-electron chi connectivity index (χ0n) is 8.09. The molecule has 15 heavy (non-hydrogen) atoms. The molecule has 0 unspecified atom stereocenters. The minimum atomic E-state index is -1.67. The van der Waals surface area contributed by atoms with Crippen molar-refractivity contribution in [3.63, 3.8) is 0 Å². The van der Waals surface area contributed by atoms with Crippen LogP contribution in [0.3, 0.4) is 0 Å². The number of ether oxygens (including phenoxy) is 1. The van der Waals surface area contributed by atoms with Crippen molar-refractivity contribution >= 4 is 40.8 Å². The van der Waals surface area contributed by atoms with Gasteiger partial charge in [-0.2, -0.15) is 0 Å². The quantitative estimate of drug-likeness (QED) is 0.543. The highest BCUT2D eigenvalue weighted by Crippen LogP contribution is 2.35. The Kier molecular flexibility index (Phi) is 4.56. The molecule has 3 nitrogen and oxygen atoms in total. The summed E-state index contributed by atoms with van der Waals surface area (Å²) in [4.78, 5) is 12.9. The van der Waals surface area contributed by atoms with Crippen molar-refractivity contribution < 1.29 is 9.53 Å². The first-order valence-corrected chi connectivity index (χ1v) is 5.73. The Morgan fingerprint density at radius 1 is 1.47 bits per heavy atom. The molecule has 0 N–H and O–H groups in total. The number of cyclic esters (lactones) is 1. The summed E-state index contributed by atoms with van der Waals surface area (Å²) < 4.78 is 3.41. The topological polar surface area (TPSA) is 29.5 Å². The Morgan fingerprint density at radius 2 is 2.13 bits per heavy atom. The van der Waals surface area contributed by atoms with Gasteiger partial charge in [0.15, 0.2) is 0 Å². The van der Waals surface area contributed by atoms with E-state index in [9.17, 15) is 4.79 Å². The second kappa shape index (κ2) is 5.28. The van der Waals surface area contributed by atoms with Crippen LogP contribution in [0.25, 0.3) is 0 Å². The number of esters is 1. The monoisotopic (exact) mass is 271 g/mol. The molecule has 0 bridgehead atoms. The second-order valence-corrected chi connectivity index (χ2v) is 5.63. The van der Waals surface area contributed by atoms with E-state index >= 15 is 0 Å². The molecule has 0 saturated carbocycles.